The van der Waals surface area contributed by atoms with Gasteiger partial charge < -0.3 is 9.63 Å². The summed E-state index contributed by atoms with van der Waals surface area (Å²) in [6.07, 6.45) is -2.47. The lowest BCUT2D eigenvalue weighted by molar-refractivity contribution is 0.0729. The van der Waals surface area contributed by atoms with Crippen LogP contribution in [-0.2, 0) is 6.54 Å². The molecule has 0 aliphatic rings. The summed E-state index contributed by atoms with van der Waals surface area (Å²) in [6.45, 7) is 1.59. The average molecular weight is 297 g/mol. The molecule has 0 aliphatic carbocycles. The molecule has 0 unspecified atom stereocenters. The largest absolute Gasteiger partial charge is 0.395 e. The summed E-state index contributed by atoms with van der Waals surface area (Å²) in [5.74, 6) is 0.672. The lowest BCUT2D eigenvalue weighted by Gasteiger charge is -2.18. The van der Waals surface area contributed by atoms with Crippen LogP contribution in [0.2, 0.25) is 0 Å². The third-order valence-electron chi connectivity index (χ3n) is 2.94. The van der Waals surface area contributed by atoms with E-state index in [-0.39, 0.29) is 19.7 Å². The van der Waals surface area contributed by atoms with Crippen LogP contribution in [0.25, 0.3) is 11.5 Å². The highest BCUT2D eigenvalue weighted by Crippen LogP contribution is 2.18. The number of aryl methyl sites for hydroxylation is 1. The van der Waals surface area contributed by atoms with Crippen molar-refractivity contribution in [2.45, 2.75) is 19.9 Å². The molecule has 21 heavy (non-hydrogen) atoms. The molecule has 0 saturated carbocycles. The first kappa shape index (κ1) is 15.5. The van der Waals surface area contributed by atoms with E-state index in [1.54, 1.807) is 0 Å². The van der Waals surface area contributed by atoms with Crippen LogP contribution in [0.4, 0.5) is 8.78 Å². The third-order valence-corrected chi connectivity index (χ3v) is 2.94. The summed E-state index contributed by atoms with van der Waals surface area (Å²) in [5.41, 5.74) is 1.89. The number of aliphatic hydroxyl groups is 1. The highest BCUT2D eigenvalue weighted by molar-refractivity contribution is 5.53. The molecule has 1 aromatic carbocycles. The van der Waals surface area contributed by atoms with Crippen molar-refractivity contribution in [1.29, 1.82) is 0 Å². The van der Waals surface area contributed by atoms with Gasteiger partial charge in [-0.15, -0.1) is 0 Å². The van der Waals surface area contributed by atoms with Crippen LogP contribution in [0.1, 0.15) is 11.4 Å². The zero-order valence-electron chi connectivity index (χ0n) is 11.7. The fourth-order valence-electron chi connectivity index (χ4n) is 1.90. The molecule has 2 aromatic rings. The molecule has 0 atom stereocenters. The Morgan fingerprint density at radius 1 is 1.29 bits per heavy atom. The zero-order valence-corrected chi connectivity index (χ0v) is 11.7. The molecule has 0 amide bonds. The summed E-state index contributed by atoms with van der Waals surface area (Å²) < 4.78 is 30.0. The maximum absolute atomic E-state index is 12.4. The summed E-state index contributed by atoms with van der Waals surface area (Å²) >= 11 is 0. The standard InChI is InChI=1S/C14H17F2N3O2/c1-10-2-4-11(5-3-10)14-17-13(18-21-14)9-19(6-7-20)8-12(15)16/h2-5,12,20H,6-9H2,1H3. The van der Waals surface area contributed by atoms with Gasteiger partial charge in [-0.3, -0.25) is 4.90 Å². The van der Waals surface area contributed by atoms with Crippen molar-refractivity contribution < 1.29 is 18.4 Å². The van der Waals surface area contributed by atoms with Gasteiger partial charge in [0.1, 0.15) is 0 Å². The molecule has 0 saturated heterocycles. The van der Waals surface area contributed by atoms with Gasteiger partial charge in [-0.05, 0) is 19.1 Å². The van der Waals surface area contributed by atoms with Gasteiger partial charge in [0.15, 0.2) is 5.82 Å². The van der Waals surface area contributed by atoms with E-state index in [0.29, 0.717) is 11.7 Å². The summed E-state index contributed by atoms with van der Waals surface area (Å²) in [5, 5.41) is 12.7. The van der Waals surface area contributed by atoms with Gasteiger partial charge in [0.25, 0.3) is 12.3 Å². The number of hydrogen-bond donors (Lipinski definition) is 1. The highest BCUT2D eigenvalue weighted by atomic mass is 19.3. The third kappa shape index (κ3) is 4.57. The minimum absolute atomic E-state index is 0.111. The van der Waals surface area contributed by atoms with Crippen LogP contribution >= 0.6 is 0 Å². The van der Waals surface area contributed by atoms with E-state index in [4.69, 9.17) is 9.63 Å². The number of nitrogens with zero attached hydrogens (tertiary/aromatic N) is 3. The molecule has 7 heteroatoms. The van der Waals surface area contributed by atoms with Crippen molar-refractivity contribution in [3.63, 3.8) is 0 Å². The van der Waals surface area contributed by atoms with E-state index in [9.17, 15) is 8.78 Å². The summed E-state index contributed by atoms with van der Waals surface area (Å²) in [6, 6.07) is 7.57. The van der Waals surface area contributed by atoms with Gasteiger partial charge in [0.05, 0.1) is 19.7 Å². The van der Waals surface area contributed by atoms with Crippen molar-refractivity contribution in [2.75, 3.05) is 19.7 Å². The second-order valence-electron chi connectivity index (χ2n) is 4.73. The highest BCUT2D eigenvalue weighted by Gasteiger charge is 2.16. The molecule has 5 nitrogen and oxygen atoms in total. The van der Waals surface area contributed by atoms with Gasteiger partial charge in [-0.25, -0.2) is 8.78 Å². The maximum Gasteiger partial charge on any atom is 0.257 e. The van der Waals surface area contributed by atoms with Gasteiger partial charge in [0.2, 0.25) is 0 Å². The predicted octanol–water partition coefficient (Wildman–Crippen LogP) is 2.10. The number of benzene rings is 1. The molecular weight excluding hydrogens is 280 g/mol. The molecule has 1 aromatic heterocycles. The Hall–Kier alpha value is -1.86. The summed E-state index contributed by atoms with van der Waals surface area (Å²) in [7, 11) is 0. The van der Waals surface area contributed by atoms with Crippen LogP contribution in [0.15, 0.2) is 28.8 Å². The normalized spacial score (nSPS) is 11.5. The Morgan fingerprint density at radius 3 is 2.62 bits per heavy atom. The van der Waals surface area contributed by atoms with E-state index in [1.807, 2.05) is 31.2 Å². The quantitative estimate of drug-likeness (QED) is 0.848. The Bertz CT molecular complexity index is 558. The van der Waals surface area contributed by atoms with E-state index < -0.39 is 13.0 Å². The first-order chi connectivity index (χ1) is 10.1. The Kier molecular flexibility index (Phi) is 5.35. The maximum atomic E-state index is 12.4. The van der Waals surface area contributed by atoms with Crippen molar-refractivity contribution in [3.8, 4) is 11.5 Å². The molecule has 0 aliphatic heterocycles. The fourth-order valence-corrected chi connectivity index (χ4v) is 1.90. The monoisotopic (exact) mass is 297 g/mol. The fraction of sp³-hybridized carbons (Fsp3) is 0.429. The zero-order chi connectivity index (χ0) is 15.2. The number of aromatic nitrogens is 2. The second-order valence-corrected chi connectivity index (χ2v) is 4.73. The molecule has 0 fully saturated rings. The number of hydrogen-bond acceptors (Lipinski definition) is 5. The van der Waals surface area contributed by atoms with E-state index in [0.717, 1.165) is 11.1 Å². The minimum atomic E-state index is -2.47. The molecule has 0 bridgehead atoms. The Balaban J connectivity index is 2.06. The second kappa shape index (κ2) is 7.24. The number of aliphatic hydroxyl groups excluding tert-OH is 1. The molecule has 1 heterocycles. The van der Waals surface area contributed by atoms with E-state index >= 15 is 0 Å². The minimum Gasteiger partial charge on any atom is -0.395 e. The number of rotatable bonds is 7. The van der Waals surface area contributed by atoms with E-state index in [2.05, 4.69) is 10.1 Å². The van der Waals surface area contributed by atoms with Gasteiger partial charge in [-0.2, -0.15) is 4.98 Å². The van der Waals surface area contributed by atoms with Gasteiger partial charge in [0, 0.05) is 12.1 Å². The van der Waals surface area contributed by atoms with Gasteiger partial charge in [-0.1, -0.05) is 22.9 Å². The average Bonchev–Trinajstić information content (AvgIpc) is 2.87. The van der Waals surface area contributed by atoms with Crippen LogP contribution < -0.4 is 0 Å². The first-order valence-corrected chi connectivity index (χ1v) is 6.59. The lowest BCUT2D eigenvalue weighted by Crippen LogP contribution is -2.31. The van der Waals surface area contributed by atoms with Crippen LogP contribution in [0.3, 0.4) is 0 Å². The molecular formula is C14H17F2N3O2. The SMILES string of the molecule is Cc1ccc(-c2nc(CN(CCO)CC(F)F)no2)cc1. The molecule has 2 rings (SSSR count). The van der Waals surface area contributed by atoms with Crippen LogP contribution in [0.5, 0.6) is 0 Å². The Labute approximate surface area is 121 Å². The van der Waals surface area contributed by atoms with Crippen molar-refractivity contribution in [2.24, 2.45) is 0 Å². The van der Waals surface area contributed by atoms with Crippen molar-refractivity contribution >= 4 is 0 Å². The van der Waals surface area contributed by atoms with Crippen LogP contribution in [-0.4, -0.2) is 46.3 Å². The van der Waals surface area contributed by atoms with Crippen molar-refractivity contribution in [1.82, 2.24) is 15.0 Å². The number of halogens is 2. The smallest absolute Gasteiger partial charge is 0.257 e. The summed E-state index contributed by atoms with van der Waals surface area (Å²) in [4.78, 5) is 5.58. The topological polar surface area (TPSA) is 62.4 Å². The molecule has 0 radical (unpaired) electrons. The number of alkyl halides is 2. The lowest BCUT2D eigenvalue weighted by atomic mass is 10.1. The molecule has 0 spiro atoms. The van der Waals surface area contributed by atoms with E-state index in [1.165, 1.54) is 4.90 Å². The molecule has 1 N–H and O–H groups in total. The van der Waals surface area contributed by atoms with Crippen molar-refractivity contribution in [3.05, 3.63) is 35.7 Å². The van der Waals surface area contributed by atoms with Gasteiger partial charge >= 0.3 is 0 Å². The predicted molar refractivity (Wildman–Crippen MR) is 72.8 cm³/mol. The Morgan fingerprint density at radius 2 is 2.00 bits per heavy atom. The molecule has 114 valence electrons. The first-order valence-electron chi connectivity index (χ1n) is 6.59. The van der Waals surface area contributed by atoms with Crippen LogP contribution in [0, 0.1) is 6.92 Å².